The minimum Gasteiger partial charge on any atom is -0.497 e. The van der Waals surface area contributed by atoms with Gasteiger partial charge in [-0.15, -0.1) is 0 Å². The Bertz CT molecular complexity index is 546. The second-order valence-corrected chi connectivity index (χ2v) is 5.76. The number of sulfonamides is 1. The molecule has 0 fully saturated rings. The largest absolute Gasteiger partial charge is 0.497 e. The van der Waals surface area contributed by atoms with Gasteiger partial charge in [0.15, 0.2) is 0 Å². The Morgan fingerprint density at radius 3 is 2.33 bits per heavy atom. The third kappa shape index (κ3) is 3.22. The van der Waals surface area contributed by atoms with Crippen LogP contribution < -0.4 is 9.46 Å². The van der Waals surface area contributed by atoms with Crippen LogP contribution in [0.5, 0.6) is 5.75 Å². The molecule has 1 atom stereocenters. The highest BCUT2D eigenvalue weighted by molar-refractivity contribution is 7.89. The summed E-state index contributed by atoms with van der Waals surface area (Å²) in [6, 6.07) is 7.96. The number of benzene rings is 1. The molecule has 5 nitrogen and oxygen atoms in total. The highest BCUT2D eigenvalue weighted by Crippen LogP contribution is 2.18. The lowest BCUT2D eigenvalue weighted by molar-refractivity contribution is 0.414. The molecule has 0 saturated carbocycles. The molecular weight excluding hydrogens is 252 g/mol. The summed E-state index contributed by atoms with van der Waals surface area (Å²) in [6.07, 6.45) is 0.388. The van der Waals surface area contributed by atoms with E-state index in [1.54, 1.807) is 26.0 Å². The van der Waals surface area contributed by atoms with Gasteiger partial charge in [0.05, 0.1) is 18.1 Å². The topological polar surface area (TPSA) is 79.2 Å². The second-order valence-electron chi connectivity index (χ2n) is 4.08. The van der Waals surface area contributed by atoms with Gasteiger partial charge in [0.2, 0.25) is 10.0 Å². The van der Waals surface area contributed by atoms with Gasteiger partial charge >= 0.3 is 0 Å². The molecule has 0 aliphatic heterocycles. The van der Waals surface area contributed by atoms with E-state index in [4.69, 9.17) is 10.00 Å². The zero-order valence-corrected chi connectivity index (χ0v) is 11.4. The quantitative estimate of drug-likeness (QED) is 0.881. The van der Waals surface area contributed by atoms with Crippen molar-refractivity contribution in [3.63, 3.8) is 0 Å². The Hall–Kier alpha value is -1.58. The van der Waals surface area contributed by atoms with Crippen molar-refractivity contribution in [3.8, 4) is 11.8 Å². The Morgan fingerprint density at radius 1 is 1.39 bits per heavy atom. The Morgan fingerprint density at radius 2 is 1.94 bits per heavy atom. The normalized spacial score (nSPS) is 14.6. The van der Waals surface area contributed by atoms with Crippen LogP contribution in [0.25, 0.3) is 0 Å². The predicted octanol–water partition coefficient (Wildman–Crippen LogP) is 1.67. The first-order valence-electron chi connectivity index (χ1n) is 5.46. The first-order valence-corrected chi connectivity index (χ1v) is 6.94. The summed E-state index contributed by atoms with van der Waals surface area (Å²) in [4.78, 5) is 0.109. The SMILES string of the molecule is CCC(C)(C#N)NS(=O)(=O)c1ccc(OC)cc1. The van der Waals surface area contributed by atoms with Crippen molar-refractivity contribution < 1.29 is 13.2 Å². The van der Waals surface area contributed by atoms with Crippen LogP contribution in [0.1, 0.15) is 20.3 Å². The summed E-state index contributed by atoms with van der Waals surface area (Å²) < 4.78 is 31.5. The Labute approximate surface area is 107 Å². The van der Waals surface area contributed by atoms with Crippen LogP contribution in [0.4, 0.5) is 0 Å². The Balaban J connectivity index is 3.03. The molecule has 0 spiro atoms. The molecule has 0 bridgehead atoms. The molecule has 1 rings (SSSR count). The molecule has 0 heterocycles. The van der Waals surface area contributed by atoms with Gasteiger partial charge in [0.25, 0.3) is 0 Å². The van der Waals surface area contributed by atoms with Crippen LogP contribution in [0.15, 0.2) is 29.2 Å². The molecule has 1 unspecified atom stereocenters. The molecule has 1 N–H and O–H groups in total. The summed E-state index contributed by atoms with van der Waals surface area (Å²) in [5.74, 6) is 0.576. The maximum Gasteiger partial charge on any atom is 0.241 e. The van der Waals surface area contributed by atoms with E-state index < -0.39 is 15.6 Å². The molecule has 0 radical (unpaired) electrons. The maximum absolute atomic E-state index is 12.1. The first kappa shape index (κ1) is 14.5. The fourth-order valence-corrected chi connectivity index (χ4v) is 2.68. The van der Waals surface area contributed by atoms with Crippen molar-refractivity contribution in [3.05, 3.63) is 24.3 Å². The lowest BCUT2D eigenvalue weighted by Gasteiger charge is -2.21. The zero-order valence-electron chi connectivity index (χ0n) is 10.6. The van der Waals surface area contributed by atoms with Gasteiger partial charge in [-0.3, -0.25) is 0 Å². The molecule has 0 saturated heterocycles. The van der Waals surface area contributed by atoms with E-state index in [0.717, 1.165) is 0 Å². The molecule has 1 aromatic carbocycles. The monoisotopic (exact) mass is 268 g/mol. The van der Waals surface area contributed by atoms with Crippen molar-refractivity contribution in [2.75, 3.05) is 7.11 Å². The van der Waals surface area contributed by atoms with E-state index in [1.165, 1.54) is 19.2 Å². The number of hydrogen-bond acceptors (Lipinski definition) is 4. The summed E-state index contributed by atoms with van der Waals surface area (Å²) >= 11 is 0. The number of methoxy groups -OCH3 is 1. The zero-order chi connectivity index (χ0) is 13.8. The third-order valence-corrected chi connectivity index (χ3v) is 4.30. The Kier molecular flexibility index (Phi) is 4.33. The van der Waals surface area contributed by atoms with E-state index in [9.17, 15) is 8.42 Å². The van der Waals surface area contributed by atoms with Crippen LogP contribution in [-0.4, -0.2) is 21.1 Å². The standard InChI is InChI=1S/C12H16N2O3S/c1-4-12(2,9-13)14-18(15,16)11-7-5-10(17-3)6-8-11/h5-8,14H,4H2,1-3H3. The van der Waals surface area contributed by atoms with Crippen molar-refractivity contribution in [2.24, 2.45) is 0 Å². The lowest BCUT2D eigenvalue weighted by atomic mass is 10.0. The number of nitriles is 1. The van der Waals surface area contributed by atoms with Gasteiger partial charge in [0.1, 0.15) is 11.3 Å². The summed E-state index contributed by atoms with van der Waals surface area (Å²) in [5, 5.41) is 8.98. The molecule has 0 aliphatic carbocycles. The number of rotatable bonds is 5. The summed E-state index contributed by atoms with van der Waals surface area (Å²) in [5.41, 5.74) is -1.10. The van der Waals surface area contributed by atoms with Gasteiger partial charge < -0.3 is 4.74 Å². The molecule has 0 aromatic heterocycles. The minimum atomic E-state index is -3.70. The molecule has 1 aromatic rings. The molecule has 6 heteroatoms. The predicted molar refractivity (Wildman–Crippen MR) is 67.6 cm³/mol. The van der Waals surface area contributed by atoms with Gasteiger partial charge in [0, 0.05) is 0 Å². The van der Waals surface area contributed by atoms with E-state index in [1.807, 2.05) is 6.07 Å². The smallest absolute Gasteiger partial charge is 0.241 e. The van der Waals surface area contributed by atoms with Gasteiger partial charge in [-0.05, 0) is 37.6 Å². The molecular formula is C12H16N2O3S. The third-order valence-electron chi connectivity index (χ3n) is 2.68. The first-order chi connectivity index (χ1) is 8.37. The van der Waals surface area contributed by atoms with Crippen molar-refractivity contribution in [1.29, 1.82) is 5.26 Å². The average molecular weight is 268 g/mol. The number of ether oxygens (including phenoxy) is 1. The lowest BCUT2D eigenvalue weighted by Crippen LogP contribution is -2.44. The molecule has 0 aliphatic rings. The summed E-state index contributed by atoms with van der Waals surface area (Å²) in [7, 11) is -2.19. The van der Waals surface area contributed by atoms with Crippen LogP contribution in [0.3, 0.4) is 0 Å². The van der Waals surface area contributed by atoms with Gasteiger partial charge in [-0.25, -0.2) is 8.42 Å². The number of nitrogens with one attached hydrogen (secondary N) is 1. The van der Waals surface area contributed by atoms with Crippen molar-refractivity contribution >= 4 is 10.0 Å². The van der Waals surface area contributed by atoms with Crippen LogP contribution in [0.2, 0.25) is 0 Å². The van der Waals surface area contributed by atoms with Crippen molar-refractivity contribution in [1.82, 2.24) is 4.72 Å². The highest BCUT2D eigenvalue weighted by atomic mass is 32.2. The van der Waals surface area contributed by atoms with E-state index in [0.29, 0.717) is 12.2 Å². The molecule has 98 valence electrons. The van der Waals surface area contributed by atoms with Gasteiger partial charge in [-0.2, -0.15) is 9.98 Å². The fraction of sp³-hybridized carbons (Fsp3) is 0.417. The number of hydrogen-bond donors (Lipinski definition) is 1. The highest BCUT2D eigenvalue weighted by Gasteiger charge is 2.28. The van der Waals surface area contributed by atoms with Crippen molar-refractivity contribution in [2.45, 2.75) is 30.7 Å². The number of nitrogens with zero attached hydrogens (tertiary/aromatic N) is 1. The fourth-order valence-electron chi connectivity index (χ4n) is 1.28. The molecule has 0 amide bonds. The second kappa shape index (κ2) is 5.38. The van der Waals surface area contributed by atoms with Crippen LogP contribution in [0, 0.1) is 11.3 Å². The van der Waals surface area contributed by atoms with Gasteiger partial charge in [-0.1, -0.05) is 6.92 Å². The minimum absolute atomic E-state index is 0.109. The van der Waals surface area contributed by atoms with E-state index in [2.05, 4.69) is 4.72 Å². The molecule has 18 heavy (non-hydrogen) atoms. The van der Waals surface area contributed by atoms with Crippen LogP contribution >= 0.6 is 0 Å². The van der Waals surface area contributed by atoms with E-state index >= 15 is 0 Å². The average Bonchev–Trinajstić information content (AvgIpc) is 2.38. The summed E-state index contributed by atoms with van der Waals surface area (Å²) in [6.45, 7) is 3.30. The van der Waals surface area contributed by atoms with Crippen LogP contribution in [-0.2, 0) is 10.0 Å². The van der Waals surface area contributed by atoms with E-state index in [-0.39, 0.29) is 4.90 Å². The maximum atomic E-state index is 12.1.